The summed E-state index contributed by atoms with van der Waals surface area (Å²) >= 11 is 0. The molecule has 0 unspecified atom stereocenters. The van der Waals surface area contributed by atoms with Crippen LogP contribution >= 0.6 is 0 Å². The van der Waals surface area contributed by atoms with Gasteiger partial charge in [-0.15, -0.1) is 0 Å². The third-order valence-corrected chi connectivity index (χ3v) is 4.46. The maximum absolute atomic E-state index is 13.7. The van der Waals surface area contributed by atoms with Crippen molar-refractivity contribution in [1.82, 2.24) is 9.55 Å². The van der Waals surface area contributed by atoms with Crippen molar-refractivity contribution >= 4 is 23.4 Å². The Hall–Kier alpha value is -3.50. The van der Waals surface area contributed by atoms with Gasteiger partial charge < -0.3 is 15.4 Å². The molecule has 168 valence electrons. The van der Waals surface area contributed by atoms with E-state index >= 15 is 0 Å². The third kappa shape index (κ3) is 5.36. The minimum absolute atomic E-state index is 0.0541. The van der Waals surface area contributed by atoms with Gasteiger partial charge in [-0.25, -0.2) is 18.4 Å². The van der Waals surface area contributed by atoms with Crippen LogP contribution in [0.3, 0.4) is 0 Å². The van der Waals surface area contributed by atoms with Gasteiger partial charge in [-0.3, -0.25) is 19.1 Å². The van der Waals surface area contributed by atoms with Crippen molar-refractivity contribution in [2.45, 2.75) is 39.7 Å². The summed E-state index contributed by atoms with van der Waals surface area (Å²) in [6, 6.07) is 2.85. The fourth-order valence-electron chi connectivity index (χ4n) is 2.93. The zero-order valence-electron chi connectivity index (χ0n) is 17.2. The summed E-state index contributed by atoms with van der Waals surface area (Å²) in [6.07, 6.45) is 1.69. The summed E-state index contributed by atoms with van der Waals surface area (Å²) in [7, 11) is 0. The normalized spacial score (nSPS) is 10.7. The van der Waals surface area contributed by atoms with Gasteiger partial charge in [0.1, 0.15) is 23.0 Å². The topological polar surface area (TPSA) is 127 Å². The standard InChI is InChI=1S/C20H24F2N4O5/c1-3-5-10-25(16-17(23)26(9-4-2)20(30)24-18(16)28)14(27)11-31-19(29)15-12(21)7-6-8-13(15)22/h6-8H,3-5,9-11,23H2,1-2H3,(H,24,28,30). The van der Waals surface area contributed by atoms with Crippen molar-refractivity contribution in [3.63, 3.8) is 0 Å². The van der Waals surface area contributed by atoms with Crippen LogP contribution in [0.2, 0.25) is 0 Å². The Labute approximate surface area is 176 Å². The number of nitrogen functional groups attached to an aromatic ring is 1. The summed E-state index contributed by atoms with van der Waals surface area (Å²) < 4.78 is 33.4. The molecule has 1 aromatic carbocycles. The molecule has 2 rings (SSSR count). The summed E-state index contributed by atoms with van der Waals surface area (Å²) in [6.45, 7) is 3.04. The van der Waals surface area contributed by atoms with Crippen molar-refractivity contribution in [2.24, 2.45) is 0 Å². The van der Waals surface area contributed by atoms with Crippen molar-refractivity contribution < 1.29 is 23.1 Å². The molecule has 1 aromatic heterocycles. The van der Waals surface area contributed by atoms with Gasteiger partial charge in [-0.05, 0) is 25.0 Å². The third-order valence-electron chi connectivity index (χ3n) is 4.46. The predicted molar refractivity (Wildman–Crippen MR) is 110 cm³/mol. The molecule has 0 aliphatic heterocycles. The number of H-pyrrole nitrogens is 1. The molecular weight excluding hydrogens is 414 g/mol. The fraction of sp³-hybridized carbons (Fsp3) is 0.400. The van der Waals surface area contributed by atoms with Crippen molar-refractivity contribution in [2.75, 3.05) is 23.8 Å². The number of nitrogens with two attached hydrogens (primary N) is 1. The number of aromatic nitrogens is 2. The van der Waals surface area contributed by atoms with Crippen LogP contribution in [0, 0.1) is 11.6 Å². The molecule has 9 nitrogen and oxygen atoms in total. The summed E-state index contributed by atoms with van der Waals surface area (Å²) in [5.41, 5.74) is 3.25. The molecule has 0 saturated heterocycles. The van der Waals surface area contributed by atoms with Crippen LogP contribution < -0.4 is 21.9 Å². The Bertz CT molecular complexity index is 1060. The minimum atomic E-state index is -1.36. The Morgan fingerprint density at radius 3 is 2.39 bits per heavy atom. The number of aromatic amines is 1. The second-order valence-corrected chi connectivity index (χ2v) is 6.72. The average molecular weight is 438 g/mol. The van der Waals surface area contributed by atoms with E-state index in [1.807, 2.05) is 6.92 Å². The SMILES string of the molecule is CCCCN(C(=O)COC(=O)c1c(F)cccc1F)c1c(N)n(CCC)c(=O)[nH]c1=O. The summed E-state index contributed by atoms with van der Waals surface area (Å²) in [5.74, 6) is -4.67. The lowest BCUT2D eigenvalue weighted by atomic mass is 10.2. The smallest absolute Gasteiger partial charge is 0.344 e. The number of halogens is 2. The molecule has 1 heterocycles. The number of carbonyl (C=O) groups excluding carboxylic acids is 2. The van der Waals surface area contributed by atoms with Gasteiger partial charge in [0.25, 0.3) is 11.5 Å². The molecule has 0 atom stereocenters. The van der Waals surface area contributed by atoms with Crippen LogP contribution in [0.5, 0.6) is 0 Å². The molecule has 1 amide bonds. The number of amides is 1. The molecule has 0 saturated carbocycles. The van der Waals surface area contributed by atoms with Crippen LogP contribution in [0.4, 0.5) is 20.3 Å². The molecule has 0 aliphatic rings. The highest BCUT2D eigenvalue weighted by atomic mass is 19.1. The van der Waals surface area contributed by atoms with E-state index in [1.165, 1.54) is 0 Å². The van der Waals surface area contributed by atoms with E-state index in [1.54, 1.807) is 6.92 Å². The summed E-state index contributed by atoms with van der Waals surface area (Å²) in [4.78, 5) is 52.4. The average Bonchev–Trinajstić information content (AvgIpc) is 2.71. The largest absolute Gasteiger partial charge is 0.452 e. The van der Waals surface area contributed by atoms with Gasteiger partial charge in [0.15, 0.2) is 12.3 Å². The van der Waals surface area contributed by atoms with Gasteiger partial charge in [-0.1, -0.05) is 26.3 Å². The van der Waals surface area contributed by atoms with E-state index in [2.05, 4.69) is 4.98 Å². The number of ether oxygens (including phenoxy) is 1. The van der Waals surface area contributed by atoms with E-state index in [-0.39, 0.29) is 24.6 Å². The zero-order valence-corrected chi connectivity index (χ0v) is 17.2. The molecule has 0 bridgehead atoms. The maximum atomic E-state index is 13.7. The van der Waals surface area contributed by atoms with Crippen molar-refractivity contribution in [1.29, 1.82) is 0 Å². The molecule has 3 N–H and O–H groups in total. The molecule has 2 aromatic rings. The van der Waals surface area contributed by atoms with Gasteiger partial charge in [0.2, 0.25) is 0 Å². The fourth-order valence-corrected chi connectivity index (χ4v) is 2.93. The number of anilines is 2. The van der Waals surface area contributed by atoms with Crippen LogP contribution in [0.25, 0.3) is 0 Å². The minimum Gasteiger partial charge on any atom is -0.452 e. The lowest BCUT2D eigenvalue weighted by Gasteiger charge is -2.24. The number of hydrogen-bond acceptors (Lipinski definition) is 6. The molecule has 0 aliphatic carbocycles. The monoisotopic (exact) mass is 438 g/mol. The number of esters is 1. The van der Waals surface area contributed by atoms with Crippen LogP contribution in [0.15, 0.2) is 27.8 Å². The number of unbranched alkanes of at least 4 members (excludes halogenated alkanes) is 1. The first-order chi connectivity index (χ1) is 14.7. The van der Waals surface area contributed by atoms with Crippen molar-refractivity contribution in [3.05, 3.63) is 56.2 Å². The summed E-state index contributed by atoms with van der Waals surface area (Å²) in [5, 5.41) is 0. The van der Waals surface area contributed by atoms with E-state index in [0.717, 1.165) is 27.7 Å². The molecule has 0 fully saturated rings. The van der Waals surface area contributed by atoms with Crippen LogP contribution in [-0.4, -0.2) is 34.6 Å². The van der Waals surface area contributed by atoms with E-state index in [0.29, 0.717) is 19.3 Å². The lowest BCUT2D eigenvalue weighted by molar-refractivity contribution is -0.121. The van der Waals surface area contributed by atoms with Gasteiger partial charge in [0, 0.05) is 13.1 Å². The first-order valence-corrected chi connectivity index (χ1v) is 9.76. The quantitative estimate of drug-likeness (QED) is 0.575. The van der Waals surface area contributed by atoms with Gasteiger partial charge in [-0.2, -0.15) is 0 Å². The van der Waals surface area contributed by atoms with E-state index in [9.17, 15) is 28.0 Å². The Balaban J connectivity index is 2.34. The zero-order chi connectivity index (χ0) is 23.1. The Kier molecular flexibility index (Phi) is 8.06. The first kappa shape index (κ1) is 23.8. The number of carbonyl (C=O) groups is 2. The van der Waals surface area contributed by atoms with Crippen LogP contribution in [-0.2, 0) is 16.1 Å². The number of benzene rings is 1. The lowest BCUT2D eigenvalue weighted by Crippen LogP contribution is -2.43. The number of rotatable bonds is 9. The highest BCUT2D eigenvalue weighted by Gasteiger charge is 2.26. The molecule has 0 radical (unpaired) electrons. The molecule has 0 spiro atoms. The highest BCUT2D eigenvalue weighted by Crippen LogP contribution is 2.19. The first-order valence-electron chi connectivity index (χ1n) is 9.76. The molecular formula is C20H24F2N4O5. The Morgan fingerprint density at radius 1 is 1.16 bits per heavy atom. The molecule has 11 heteroatoms. The number of hydrogen-bond donors (Lipinski definition) is 2. The van der Waals surface area contributed by atoms with E-state index < -0.39 is 46.9 Å². The number of nitrogens with zero attached hydrogens (tertiary/aromatic N) is 2. The van der Waals surface area contributed by atoms with Crippen LogP contribution in [0.1, 0.15) is 43.5 Å². The van der Waals surface area contributed by atoms with E-state index in [4.69, 9.17) is 10.5 Å². The number of nitrogens with one attached hydrogen (secondary N) is 1. The second kappa shape index (κ2) is 10.5. The Morgan fingerprint density at radius 2 is 1.81 bits per heavy atom. The maximum Gasteiger partial charge on any atom is 0.344 e. The van der Waals surface area contributed by atoms with Crippen molar-refractivity contribution in [3.8, 4) is 0 Å². The highest BCUT2D eigenvalue weighted by molar-refractivity contribution is 5.98. The predicted octanol–water partition coefficient (Wildman–Crippen LogP) is 1.80. The van der Waals surface area contributed by atoms with Gasteiger partial charge in [0.05, 0.1) is 0 Å². The molecule has 31 heavy (non-hydrogen) atoms. The van der Waals surface area contributed by atoms with Gasteiger partial charge >= 0.3 is 11.7 Å². The second-order valence-electron chi connectivity index (χ2n) is 6.72.